The van der Waals surface area contributed by atoms with Crippen molar-refractivity contribution in [2.24, 2.45) is 5.92 Å². The average Bonchev–Trinajstić information content (AvgIpc) is 3.18. The summed E-state index contributed by atoms with van der Waals surface area (Å²) in [5.74, 6) is 1.31. The molecular formula is C13H17N3O. The second-order valence-corrected chi connectivity index (χ2v) is 5.10. The highest BCUT2D eigenvalue weighted by molar-refractivity contribution is 5.94. The summed E-state index contributed by atoms with van der Waals surface area (Å²) in [6.45, 7) is 0.924. The second kappa shape index (κ2) is 4.02. The molecule has 0 aliphatic heterocycles. The van der Waals surface area contributed by atoms with Crippen LogP contribution in [0, 0.1) is 5.92 Å². The highest BCUT2D eigenvalue weighted by atomic mass is 16.2. The van der Waals surface area contributed by atoms with E-state index in [0.29, 0.717) is 17.4 Å². The first-order valence-electron chi connectivity index (χ1n) is 6.26. The van der Waals surface area contributed by atoms with Crippen LogP contribution in [0.15, 0.2) is 18.3 Å². The van der Waals surface area contributed by atoms with Gasteiger partial charge in [0.2, 0.25) is 0 Å². The molecule has 0 radical (unpaired) electrons. The van der Waals surface area contributed by atoms with E-state index in [-0.39, 0.29) is 5.91 Å². The standard InChI is InChI=1S/C13H17N3O/c14-12-6-3-10(7-15-12)13(17)16(11-4-5-11)8-9-1-2-9/h3,6-7,9,11H,1-2,4-5,8H2,(H2,14,15). The van der Waals surface area contributed by atoms with E-state index < -0.39 is 0 Å². The molecule has 0 aromatic carbocycles. The van der Waals surface area contributed by atoms with Crippen LogP contribution in [0.1, 0.15) is 36.0 Å². The van der Waals surface area contributed by atoms with E-state index >= 15 is 0 Å². The molecule has 2 fully saturated rings. The maximum Gasteiger partial charge on any atom is 0.255 e. The van der Waals surface area contributed by atoms with Crippen molar-refractivity contribution >= 4 is 11.7 Å². The maximum atomic E-state index is 12.3. The molecule has 0 bridgehead atoms. The lowest BCUT2D eigenvalue weighted by molar-refractivity contribution is 0.0734. The zero-order valence-corrected chi connectivity index (χ0v) is 9.80. The topological polar surface area (TPSA) is 59.2 Å². The van der Waals surface area contributed by atoms with Gasteiger partial charge in [0.05, 0.1) is 5.56 Å². The van der Waals surface area contributed by atoms with E-state index in [1.807, 2.05) is 4.90 Å². The van der Waals surface area contributed by atoms with Crippen molar-refractivity contribution in [1.82, 2.24) is 9.88 Å². The van der Waals surface area contributed by atoms with Crippen molar-refractivity contribution in [3.63, 3.8) is 0 Å². The summed E-state index contributed by atoms with van der Waals surface area (Å²) in [6, 6.07) is 3.93. The molecule has 2 saturated carbocycles. The summed E-state index contributed by atoms with van der Waals surface area (Å²) in [5, 5.41) is 0. The summed E-state index contributed by atoms with van der Waals surface area (Å²) in [7, 11) is 0. The number of hydrogen-bond acceptors (Lipinski definition) is 3. The van der Waals surface area contributed by atoms with Crippen molar-refractivity contribution in [1.29, 1.82) is 0 Å². The number of rotatable bonds is 4. The Morgan fingerprint density at radius 1 is 1.35 bits per heavy atom. The summed E-state index contributed by atoms with van der Waals surface area (Å²) >= 11 is 0. The van der Waals surface area contributed by atoms with Gasteiger partial charge in [0.1, 0.15) is 5.82 Å². The lowest BCUT2D eigenvalue weighted by Crippen LogP contribution is -2.35. The molecule has 1 amide bonds. The van der Waals surface area contributed by atoms with Crippen LogP contribution in [0.2, 0.25) is 0 Å². The Morgan fingerprint density at radius 3 is 2.65 bits per heavy atom. The average molecular weight is 231 g/mol. The first-order chi connectivity index (χ1) is 8.24. The minimum absolute atomic E-state index is 0.118. The van der Waals surface area contributed by atoms with Crippen LogP contribution in [0.25, 0.3) is 0 Å². The fourth-order valence-corrected chi connectivity index (χ4v) is 2.06. The SMILES string of the molecule is Nc1ccc(C(=O)N(CC2CC2)C2CC2)cn1. The van der Waals surface area contributed by atoms with Crippen LogP contribution in [0.4, 0.5) is 5.82 Å². The molecule has 1 heterocycles. The molecule has 17 heavy (non-hydrogen) atoms. The van der Waals surface area contributed by atoms with Gasteiger partial charge in [-0.05, 0) is 43.7 Å². The van der Waals surface area contributed by atoms with Gasteiger partial charge in [-0.25, -0.2) is 4.98 Å². The summed E-state index contributed by atoms with van der Waals surface area (Å²) < 4.78 is 0. The van der Waals surface area contributed by atoms with E-state index in [1.54, 1.807) is 18.3 Å². The number of nitrogens with two attached hydrogens (primary N) is 1. The van der Waals surface area contributed by atoms with Gasteiger partial charge in [-0.15, -0.1) is 0 Å². The van der Waals surface area contributed by atoms with Crippen LogP contribution in [0.5, 0.6) is 0 Å². The van der Waals surface area contributed by atoms with E-state index in [0.717, 1.165) is 25.3 Å². The normalized spacial score (nSPS) is 19.1. The Labute approximate surface area is 101 Å². The lowest BCUT2D eigenvalue weighted by atomic mass is 10.2. The Hall–Kier alpha value is -1.58. The third-order valence-electron chi connectivity index (χ3n) is 3.43. The van der Waals surface area contributed by atoms with Crippen LogP contribution in [0.3, 0.4) is 0 Å². The molecule has 1 aromatic rings. The minimum atomic E-state index is 0.118. The number of aromatic nitrogens is 1. The Bertz CT molecular complexity index is 421. The van der Waals surface area contributed by atoms with Crippen LogP contribution in [-0.2, 0) is 0 Å². The maximum absolute atomic E-state index is 12.3. The summed E-state index contributed by atoms with van der Waals surface area (Å²) in [5.41, 5.74) is 6.19. The largest absolute Gasteiger partial charge is 0.384 e. The molecule has 3 rings (SSSR count). The van der Waals surface area contributed by atoms with Gasteiger partial charge in [-0.3, -0.25) is 4.79 Å². The number of carbonyl (C=O) groups is 1. The smallest absolute Gasteiger partial charge is 0.255 e. The van der Waals surface area contributed by atoms with E-state index in [2.05, 4.69) is 4.98 Å². The number of carbonyl (C=O) groups excluding carboxylic acids is 1. The monoisotopic (exact) mass is 231 g/mol. The predicted octanol–water partition coefficient (Wildman–Crippen LogP) is 1.68. The zero-order chi connectivity index (χ0) is 11.8. The minimum Gasteiger partial charge on any atom is -0.384 e. The third-order valence-corrected chi connectivity index (χ3v) is 3.43. The lowest BCUT2D eigenvalue weighted by Gasteiger charge is -2.22. The van der Waals surface area contributed by atoms with Crippen LogP contribution in [-0.4, -0.2) is 28.4 Å². The Morgan fingerprint density at radius 2 is 2.12 bits per heavy atom. The quantitative estimate of drug-likeness (QED) is 0.857. The first-order valence-corrected chi connectivity index (χ1v) is 6.26. The fourth-order valence-electron chi connectivity index (χ4n) is 2.06. The first kappa shape index (κ1) is 10.6. The molecule has 2 aliphatic rings. The Balaban J connectivity index is 1.75. The van der Waals surface area contributed by atoms with Crippen molar-refractivity contribution in [3.05, 3.63) is 23.9 Å². The molecule has 90 valence electrons. The molecule has 0 saturated heterocycles. The predicted molar refractivity (Wildman–Crippen MR) is 65.4 cm³/mol. The van der Waals surface area contributed by atoms with Gasteiger partial charge in [0.25, 0.3) is 5.91 Å². The number of anilines is 1. The number of nitrogens with zero attached hydrogens (tertiary/aromatic N) is 2. The van der Waals surface area contributed by atoms with Gasteiger partial charge >= 0.3 is 0 Å². The molecule has 0 spiro atoms. The van der Waals surface area contributed by atoms with Crippen molar-refractivity contribution in [2.45, 2.75) is 31.7 Å². The van der Waals surface area contributed by atoms with Gasteiger partial charge in [-0.2, -0.15) is 0 Å². The van der Waals surface area contributed by atoms with Crippen molar-refractivity contribution in [2.75, 3.05) is 12.3 Å². The third kappa shape index (κ3) is 2.40. The molecular weight excluding hydrogens is 214 g/mol. The van der Waals surface area contributed by atoms with Gasteiger partial charge in [-0.1, -0.05) is 0 Å². The van der Waals surface area contributed by atoms with E-state index in [1.165, 1.54) is 12.8 Å². The number of amides is 1. The number of hydrogen-bond donors (Lipinski definition) is 1. The molecule has 4 heteroatoms. The van der Waals surface area contributed by atoms with Crippen LogP contribution >= 0.6 is 0 Å². The number of pyridine rings is 1. The molecule has 2 aliphatic carbocycles. The summed E-state index contributed by atoms with van der Waals surface area (Å²) in [6.07, 6.45) is 6.44. The van der Waals surface area contributed by atoms with E-state index in [4.69, 9.17) is 5.73 Å². The molecule has 0 atom stereocenters. The highest BCUT2D eigenvalue weighted by Crippen LogP contribution is 2.35. The van der Waals surface area contributed by atoms with Crippen molar-refractivity contribution in [3.8, 4) is 0 Å². The highest BCUT2D eigenvalue weighted by Gasteiger charge is 2.36. The van der Waals surface area contributed by atoms with Crippen molar-refractivity contribution < 1.29 is 4.79 Å². The van der Waals surface area contributed by atoms with Gasteiger partial charge < -0.3 is 10.6 Å². The summed E-state index contributed by atoms with van der Waals surface area (Å²) in [4.78, 5) is 18.4. The second-order valence-electron chi connectivity index (χ2n) is 5.10. The van der Waals surface area contributed by atoms with Gasteiger partial charge in [0, 0.05) is 18.8 Å². The number of nitrogen functional groups attached to an aromatic ring is 1. The molecule has 0 unspecified atom stereocenters. The van der Waals surface area contributed by atoms with Gasteiger partial charge in [0.15, 0.2) is 0 Å². The Kier molecular flexibility index (Phi) is 2.50. The zero-order valence-electron chi connectivity index (χ0n) is 9.80. The molecule has 2 N–H and O–H groups in total. The molecule has 1 aromatic heterocycles. The van der Waals surface area contributed by atoms with Crippen LogP contribution < -0.4 is 5.73 Å². The molecule has 4 nitrogen and oxygen atoms in total. The van der Waals surface area contributed by atoms with E-state index in [9.17, 15) is 4.79 Å². The fraction of sp³-hybridized carbons (Fsp3) is 0.538.